The lowest BCUT2D eigenvalue weighted by molar-refractivity contribution is 0.0712. The maximum absolute atomic E-state index is 6.02. The molecule has 3 heteroatoms. The minimum Gasteiger partial charge on any atom is -0.492 e. The van der Waals surface area contributed by atoms with Crippen LogP contribution in [-0.4, -0.2) is 30.6 Å². The smallest absolute Gasteiger partial charge is 0.119 e. The predicted octanol–water partition coefficient (Wildman–Crippen LogP) is 4.43. The summed E-state index contributed by atoms with van der Waals surface area (Å²) in [6.07, 6.45) is 2.65. The Labute approximate surface area is 137 Å². The molecule has 2 rings (SSSR count). The van der Waals surface area contributed by atoms with E-state index in [0.717, 1.165) is 18.3 Å². The van der Waals surface area contributed by atoms with Crippen LogP contribution >= 0.6 is 22.6 Å². The number of rotatable bonds is 5. The van der Waals surface area contributed by atoms with Gasteiger partial charge in [-0.1, -0.05) is 20.8 Å². The van der Waals surface area contributed by atoms with Gasteiger partial charge in [0.2, 0.25) is 0 Å². The van der Waals surface area contributed by atoms with E-state index in [-0.39, 0.29) is 0 Å². The third kappa shape index (κ3) is 4.62. The van der Waals surface area contributed by atoms with Gasteiger partial charge in [0.1, 0.15) is 12.4 Å². The highest BCUT2D eigenvalue weighted by Gasteiger charge is 2.26. The number of ether oxygens (including phenoxy) is 1. The van der Waals surface area contributed by atoms with Crippen LogP contribution < -0.4 is 4.74 Å². The molecule has 0 amide bonds. The first-order chi connectivity index (χ1) is 9.56. The maximum Gasteiger partial charge on any atom is 0.119 e. The molecular formula is C17H26INO. The van der Waals surface area contributed by atoms with Gasteiger partial charge in [-0.3, -0.25) is 4.90 Å². The Kier molecular flexibility index (Phi) is 6.15. The average Bonchev–Trinajstić information content (AvgIpc) is 2.43. The Morgan fingerprint density at radius 3 is 2.35 bits per heavy atom. The molecule has 1 heterocycles. The highest BCUT2D eigenvalue weighted by atomic mass is 127. The lowest BCUT2D eigenvalue weighted by Gasteiger charge is -2.38. The minimum atomic E-state index is 0.529. The van der Waals surface area contributed by atoms with Gasteiger partial charge >= 0.3 is 0 Å². The van der Waals surface area contributed by atoms with Crippen LogP contribution in [0.4, 0.5) is 0 Å². The number of hydrogen-bond acceptors (Lipinski definition) is 2. The molecule has 1 atom stereocenters. The molecule has 0 spiro atoms. The average molecular weight is 387 g/mol. The van der Waals surface area contributed by atoms with Gasteiger partial charge in [0.05, 0.1) is 0 Å². The van der Waals surface area contributed by atoms with E-state index in [9.17, 15) is 0 Å². The van der Waals surface area contributed by atoms with Crippen molar-refractivity contribution in [2.75, 3.05) is 19.7 Å². The van der Waals surface area contributed by atoms with Crippen molar-refractivity contribution in [3.05, 3.63) is 27.8 Å². The van der Waals surface area contributed by atoms with E-state index in [4.69, 9.17) is 4.74 Å². The van der Waals surface area contributed by atoms with E-state index in [2.05, 4.69) is 72.5 Å². The van der Waals surface area contributed by atoms with Crippen LogP contribution in [0.25, 0.3) is 0 Å². The summed E-state index contributed by atoms with van der Waals surface area (Å²) in [4.78, 5) is 2.62. The van der Waals surface area contributed by atoms with Gasteiger partial charge < -0.3 is 4.74 Å². The van der Waals surface area contributed by atoms with Crippen LogP contribution in [0.5, 0.6) is 5.75 Å². The molecule has 1 aliphatic rings. The zero-order valence-corrected chi connectivity index (χ0v) is 15.0. The monoisotopic (exact) mass is 387 g/mol. The topological polar surface area (TPSA) is 12.5 Å². The third-order valence-corrected chi connectivity index (χ3v) is 5.01. The number of nitrogens with zero attached hydrogens (tertiary/aromatic N) is 1. The standard InChI is InChI=1S/C17H26INO/c1-13(2)17(19-10-8-14(3)9-11-19)12-20-16-6-4-15(18)5-7-16/h4-7,13-14,17H,8-12H2,1-3H3/t17-/m1/s1. The van der Waals surface area contributed by atoms with Gasteiger partial charge in [0.25, 0.3) is 0 Å². The molecule has 0 unspecified atom stereocenters. The summed E-state index contributed by atoms with van der Waals surface area (Å²) >= 11 is 2.32. The van der Waals surface area contributed by atoms with E-state index in [1.165, 1.54) is 29.5 Å². The van der Waals surface area contributed by atoms with E-state index in [1.54, 1.807) is 0 Å². The summed E-state index contributed by atoms with van der Waals surface area (Å²) in [5, 5.41) is 0. The quantitative estimate of drug-likeness (QED) is 0.694. The lowest BCUT2D eigenvalue weighted by atomic mass is 9.95. The van der Waals surface area contributed by atoms with Crippen molar-refractivity contribution >= 4 is 22.6 Å². The second-order valence-electron chi connectivity index (χ2n) is 6.29. The molecular weight excluding hydrogens is 361 g/mol. The Hall–Kier alpha value is -0.290. The van der Waals surface area contributed by atoms with Gasteiger partial charge in [-0.2, -0.15) is 0 Å². The van der Waals surface area contributed by atoms with Gasteiger partial charge in [-0.05, 0) is 84.6 Å². The first-order valence-electron chi connectivity index (χ1n) is 7.68. The number of piperidine rings is 1. The van der Waals surface area contributed by atoms with Crippen LogP contribution in [0.3, 0.4) is 0 Å². The minimum absolute atomic E-state index is 0.529. The predicted molar refractivity (Wildman–Crippen MR) is 93.3 cm³/mol. The molecule has 0 aliphatic carbocycles. The van der Waals surface area contributed by atoms with E-state index in [1.807, 2.05) is 0 Å². The van der Waals surface area contributed by atoms with Gasteiger partial charge in [-0.25, -0.2) is 0 Å². The van der Waals surface area contributed by atoms with Crippen LogP contribution in [0.15, 0.2) is 24.3 Å². The molecule has 1 saturated heterocycles. The van der Waals surface area contributed by atoms with Crippen molar-refractivity contribution < 1.29 is 4.74 Å². The van der Waals surface area contributed by atoms with Crippen LogP contribution in [0, 0.1) is 15.4 Å². The highest BCUT2D eigenvalue weighted by molar-refractivity contribution is 14.1. The van der Waals surface area contributed by atoms with Gasteiger partial charge in [0.15, 0.2) is 0 Å². The molecule has 0 radical (unpaired) electrons. The van der Waals surface area contributed by atoms with Gasteiger partial charge in [0, 0.05) is 9.61 Å². The van der Waals surface area contributed by atoms with Crippen molar-refractivity contribution in [2.24, 2.45) is 11.8 Å². The molecule has 1 aromatic carbocycles. The van der Waals surface area contributed by atoms with E-state index < -0.39 is 0 Å². The van der Waals surface area contributed by atoms with Gasteiger partial charge in [-0.15, -0.1) is 0 Å². The molecule has 0 bridgehead atoms. The first-order valence-corrected chi connectivity index (χ1v) is 8.76. The zero-order valence-electron chi connectivity index (χ0n) is 12.8. The van der Waals surface area contributed by atoms with Crippen LogP contribution in [-0.2, 0) is 0 Å². The summed E-state index contributed by atoms with van der Waals surface area (Å²) < 4.78 is 7.27. The number of hydrogen-bond donors (Lipinski definition) is 0. The Morgan fingerprint density at radius 1 is 1.20 bits per heavy atom. The molecule has 0 N–H and O–H groups in total. The fourth-order valence-electron chi connectivity index (χ4n) is 2.79. The molecule has 20 heavy (non-hydrogen) atoms. The number of likely N-dealkylation sites (tertiary alicyclic amines) is 1. The summed E-state index contributed by atoms with van der Waals surface area (Å²) in [6.45, 7) is 10.2. The fraction of sp³-hybridized carbons (Fsp3) is 0.647. The molecule has 0 saturated carbocycles. The lowest BCUT2D eigenvalue weighted by Crippen LogP contribution is -2.46. The van der Waals surface area contributed by atoms with Crippen molar-refractivity contribution in [3.8, 4) is 5.75 Å². The largest absolute Gasteiger partial charge is 0.492 e. The van der Waals surface area contributed by atoms with Crippen molar-refractivity contribution in [3.63, 3.8) is 0 Å². The Morgan fingerprint density at radius 2 is 1.80 bits per heavy atom. The molecule has 112 valence electrons. The second kappa shape index (κ2) is 7.64. The number of benzene rings is 1. The van der Waals surface area contributed by atoms with E-state index >= 15 is 0 Å². The SMILES string of the molecule is CC1CCN([C@H](COc2ccc(I)cc2)C(C)C)CC1. The molecule has 2 nitrogen and oxygen atoms in total. The first kappa shape index (κ1) is 16.1. The van der Waals surface area contributed by atoms with Crippen molar-refractivity contribution in [2.45, 2.75) is 39.7 Å². The molecule has 1 aliphatic heterocycles. The second-order valence-corrected chi connectivity index (χ2v) is 7.54. The summed E-state index contributed by atoms with van der Waals surface area (Å²) in [6, 6.07) is 8.86. The summed E-state index contributed by atoms with van der Waals surface area (Å²) in [5.41, 5.74) is 0. The van der Waals surface area contributed by atoms with E-state index in [0.29, 0.717) is 12.0 Å². The molecule has 1 aromatic rings. The normalized spacial score (nSPS) is 19.2. The van der Waals surface area contributed by atoms with Crippen LogP contribution in [0.2, 0.25) is 0 Å². The number of halogens is 1. The third-order valence-electron chi connectivity index (χ3n) is 4.29. The Bertz CT molecular complexity index is 396. The van der Waals surface area contributed by atoms with Crippen molar-refractivity contribution in [1.29, 1.82) is 0 Å². The summed E-state index contributed by atoms with van der Waals surface area (Å²) in [5.74, 6) is 2.50. The van der Waals surface area contributed by atoms with Crippen LogP contribution in [0.1, 0.15) is 33.6 Å². The maximum atomic E-state index is 6.02. The highest BCUT2D eigenvalue weighted by Crippen LogP contribution is 2.22. The van der Waals surface area contributed by atoms with Crippen molar-refractivity contribution in [1.82, 2.24) is 4.90 Å². The Balaban J connectivity index is 1.90. The molecule has 0 aromatic heterocycles. The zero-order chi connectivity index (χ0) is 14.5. The summed E-state index contributed by atoms with van der Waals surface area (Å²) in [7, 11) is 0. The molecule has 1 fully saturated rings. The fourth-order valence-corrected chi connectivity index (χ4v) is 3.15.